The number of ketones is 1. The Kier molecular flexibility index (Phi) is 3.35. The van der Waals surface area contributed by atoms with Gasteiger partial charge in [0.2, 0.25) is 0 Å². The van der Waals surface area contributed by atoms with Gasteiger partial charge in [-0.2, -0.15) is 0 Å². The third kappa shape index (κ3) is 2.05. The van der Waals surface area contributed by atoms with Crippen LogP contribution in [0.15, 0.2) is 11.8 Å². The predicted octanol–water partition coefficient (Wildman–Crippen LogP) is -2.48. The predicted molar refractivity (Wildman–Crippen MR) is 21.4 cm³/mol. The molecule has 1 N–H and O–H groups in total. The molecule has 3 heteroatoms. The van der Waals surface area contributed by atoms with E-state index in [1.807, 2.05) is 0 Å². The molecular formula is C4H5KO2. The average molecular weight is 124 g/mol. The second kappa shape index (κ2) is 2.99. The molecule has 0 saturated heterocycles. The summed E-state index contributed by atoms with van der Waals surface area (Å²) < 4.78 is 0. The van der Waals surface area contributed by atoms with Crippen LogP contribution >= 0.6 is 0 Å². The average Bonchev–Trinajstić information content (AvgIpc) is 1.33. The maximum atomic E-state index is 9.87. The van der Waals surface area contributed by atoms with Crippen molar-refractivity contribution in [3.05, 3.63) is 11.8 Å². The molecule has 0 aromatic carbocycles. The third-order valence-corrected chi connectivity index (χ3v) is 0.683. The van der Waals surface area contributed by atoms with Crippen LogP contribution in [0.4, 0.5) is 0 Å². The Bertz CT molecular complexity index is 121. The Morgan fingerprint density at radius 2 is 2.29 bits per heavy atom. The van der Waals surface area contributed by atoms with Crippen LogP contribution in [0.5, 0.6) is 0 Å². The number of aliphatic hydroxyl groups excluding tert-OH is 1. The van der Waals surface area contributed by atoms with Crippen LogP contribution in [0, 0.1) is 0 Å². The van der Waals surface area contributed by atoms with Gasteiger partial charge in [-0.1, -0.05) is 0 Å². The summed E-state index contributed by atoms with van der Waals surface area (Å²) in [4.78, 5) is 9.87. The molecule has 0 unspecified atom stereocenters. The Balaban J connectivity index is 0. The summed E-state index contributed by atoms with van der Waals surface area (Å²) in [5.74, 6) is 0.229. The maximum absolute atomic E-state index is 9.87. The van der Waals surface area contributed by atoms with Crippen molar-refractivity contribution in [2.24, 2.45) is 0 Å². The van der Waals surface area contributed by atoms with Crippen molar-refractivity contribution in [2.45, 2.75) is 6.42 Å². The number of allylic oxidation sites excluding steroid dienone is 2. The summed E-state index contributed by atoms with van der Waals surface area (Å²) >= 11 is 0. The molecule has 0 heterocycles. The van der Waals surface area contributed by atoms with E-state index in [1.54, 1.807) is 0 Å². The first kappa shape index (κ1) is 7.85. The van der Waals surface area contributed by atoms with Crippen molar-refractivity contribution >= 4 is 5.78 Å². The molecule has 1 aliphatic carbocycles. The summed E-state index contributed by atoms with van der Waals surface area (Å²) in [7, 11) is 0. The Labute approximate surface area is 85.5 Å². The van der Waals surface area contributed by atoms with Gasteiger partial charge >= 0.3 is 51.4 Å². The number of carbonyl (C=O) groups excluding carboxylic acids is 1. The zero-order valence-corrected chi connectivity index (χ0v) is 7.26. The molecule has 2 nitrogen and oxygen atoms in total. The summed E-state index contributed by atoms with van der Waals surface area (Å²) in [5.41, 5.74) is 0. The molecule has 0 radical (unpaired) electrons. The molecular weight excluding hydrogens is 119 g/mol. The van der Waals surface area contributed by atoms with Gasteiger partial charge in [-0.15, -0.1) is 0 Å². The first-order chi connectivity index (χ1) is 2.79. The van der Waals surface area contributed by atoms with Gasteiger partial charge in [0.25, 0.3) is 0 Å². The Morgan fingerprint density at radius 3 is 2.29 bits per heavy atom. The fourth-order valence-electron chi connectivity index (χ4n) is 0.335. The van der Waals surface area contributed by atoms with E-state index in [-0.39, 0.29) is 70.8 Å². The first-order valence-electron chi connectivity index (χ1n) is 1.71. The zero-order chi connectivity index (χ0) is 4.57. The van der Waals surface area contributed by atoms with Gasteiger partial charge in [-0.05, 0) is 0 Å². The van der Waals surface area contributed by atoms with E-state index in [0.29, 0.717) is 0 Å². The number of aliphatic hydroxyl groups is 1. The maximum Gasteiger partial charge on any atom is 1.00 e. The normalized spacial score (nSPS) is 16.6. The van der Waals surface area contributed by atoms with Crippen LogP contribution in [0.25, 0.3) is 0 Å². The van der Waals surface area contributed by atoms with Crippen LogP contribution in [0.1, 0.15) is 7.85 Å². The molecule has 0 spiro atoms. The third-order valence-electron chi connectivity index (χ3n) is 0.683. The molecule has 0 amide bonds. The summed E-state index contributed by atoms with van der Waals surface area (Å²) in [6.45, 7) is 0. The van der Waals surface area contributed by atoms with Crippen LogP contribution in [-0.2, 0) is 4.79 Å². The van der Waals surface area contributed by atoms with E-state index in [1.165, 1.54) is 6.08 Å². The van der Waals surface area contributed by atoms with Crippen molar-refractivity contribution in [3.63, 3.8) is 0 Å². The van der Waals surface area contributed by atoms with E-state index in [4.69, 9.17) is 5.11 Å². The standard InChI is InChI=1S/C4H4O2.K.H/c5-3-1-4(6)2-3;;/h1,5H,2H2;;/q;+1;-1. The molecule has 0 aliphatic heterocycles. The molecule has 0 atom stereocenters. The molecule has 0 aromatic rings. The smallest absolute Gasteiger partial charge is 1.00 e. The molecule has 7 heavy (non-hydrogen) atoms. The number of rotatable bonds is 0. The Morgan fingerprint density at radius 1 is 1.86 bits per heavy atom. The quantitative estimate of drug-likeness (QED) is 0.363. The van der Waals surface area contributed by atoms with Crippen molar-refractivity contribution < 1.29 is 62.7 Å². The van der Waals surface area contributed by atoms with Crippen LogP contribution in [-0.4, -0.2) is 10.9 Å². The minimum atomic E-state index is 0. The van der Waals surface area contributed by atoms with Crippen molar-refractivity contribution in [1.82, 2.24) is 0 Å². The van der Waals surface area contributed by atoms with Gasteiger partial charge in [-0.25, -0.2) is 0 Å². The molecule has 34 valence electrons. The van der Waals surface area contributed by atoms with Crippen molar-refractivity contribution in [1.29, 1.82) is 0 Å². The molecule has 0 aromatic heterocycles. The fourth-order valence-corrected chi connectivity index (χ4v) is 0.335. The minimum absolute atomic E-state index is 0. The number of carbonyl (C=O) groups is 1. The summed E-state index contributed by atoms with van der Waals surface area (Å²) in [6, 6.07) is 0. The fraction of sp³-hybridized carbons (Fsp3) is 0.250. The first-order valence-corrected chi connectivity index (χ1v) is 1.71. The van der Waals surface area contributed by atoms with Gasteiger partial charge < -0.3 is 6.53 Å². The topological polar surface area (TPSA) is 37.3 Å². The van der Waals surface area contributed by atoms with E-state index in [0.717, 1.165) is 0 Å². The molecule has 0 bridgehead atoms. The van der Waals surface area contributed by atoms with Crippen molar-refractivity contribution in [2.75, 3.05) is 0 Å². The van der Waals surface area contributed by atoms with Gasteiger partial charge in [0, 0.05) is 6.08 Å². The Hall–Kier alpha value is 0.846. The number of hydrogen-bond acceptors (Lipinski definition) is 2. The number of hydrogen-bond donors (Lipinski definition) is 1. The summed E-state index contributed by atoms with van der Waals surface area (Å²) in [5, 5.41) is 8.26. The van der Waals surface area contributed by atoms with E-state index in [2.05, 4.69) is 0 Å². The van der Waals surface area contributed by atoms with Crippen LogP contribution in [0.2, 0.25) is 0 Å². The zero-order valence-electron chi connectivity index (χ0n) is 5.14. The molecule has 0 saturated carbocycles. The minimum Gasteiger partial charge on any atom is -1.00 e. The van der Waals surface area contributed by atoms with Crippen molar-refractivity contribution in [3.8, 4) is 0 Å². The van der Waals surface area contributed by atoms with Gasteiger partial charge in [0.15, 0.2) is 5.78 Å². The van der Waals surface area contributed by atoms with Crippen LogP contribution < -0.4 is 51.4 Å². The van der Waals surface area contributed by atoms with E-state index >= 15 is 0 Å². The second-order valence-corrected chi connectivity index (χ2v) is 1.28. The second-order valence-electron chi connectivity index (χ2n) is 1.28. The van der Waals surface area contributed by atoms with Crippen LogP contribution in [0.3, 0.4) is 0 Å². The van der Waals surface area contributed by atoms with Gasteiger partial charge in [0.1, 0.15) is 5.76 Å². The monoisotopic (exact) mass is 124 g/mol. The van der Waals surface area contributed by atoms with Gasteiger partial charge in [0.05, 0.1) is 6.42 Å². The van der Waals surface area contributed by atoms with E-state index in [9.17, 15) is 4.79 Å². The molecule has 0 fully saturated rings. The molecule has 1 aliphatic rings. The summed E-state index contributed by atoms with van der Waals surface area (Å²) in [6.07, 6.45) is 1.47. The van der Waals surface area contributed by atoms with E-state index < -0.39 is 0 Å². The SMILES string of the molecule is O=C1C=C(O)C1.[H-].[K+]. The van der Waals surface area contributed by atoms with Gasteiger partial charge in [-0.3, -0.25) is 4.79 Å². The molecule has 1 rings (SSSR count). The largest absolute Gasteiger partial charge is 1.00 e.